The minimum Gasteiger partial charge on any atom is -0.341 e. The second kappa shape index (κ2) is 8.40. The molecular weight excluding hydrogens is 460 g/mol. The molecule has 0 radical (unpaired) electrons. The summed E-state index contributed by atoms with van der Waals surface area (Å²) in [6.45, 7) is 5.96. The van der Waals surface area contributed by atoms with Crippen LogP contribution in [0.3, 0.4) is 0 Å². The van der Waals surface area contributed by atoms with Crippen LogP contribution in [-0.2, 0) is 0 Å². The molecule has 2 aliphatic heterocycles. The molecule has 0 unspecified atom stereocenters. The van der Waals surface area contributed by atoms with Gasteiger partial charge in [0.15, 0.2) is 0 Å². The lowest BCUT2D eigenvalue weighted by atomic mass is 9.99. The maximum Gasteiger partial charge on any atom is 0.124 e. The number of aromatic nitrogens is 4. The number of benzene rings is 3. The minimum atomic E-state index is -1.12. The van der Waals surface area contributed by atoms with Gasteiger partial charge in [-0.2, -0.15) is 0 Å². The molecule has 2 fully saturated rings. The Labute approximate surface area is 212 Å². The lowest BCUT2D eigenvalue weighted by molar-refractivity contribution is 0.614. The highest BCUT2D eigenvalue weighted by Crippen LogP contribution is 2.33. The van der Waals surface area contributed by atoms with Crippen molar-refractivity contribution in [1.82, 2.24) is 30.6 Å². The smallest absolute Gasteiger partial charge is 0.124 e. The topological polar surface area (TPSA) is 81.4 Å². The molecule has 2 atom stereocenters. The molecule has 0 bridgehead atoms. The largest absolute Gasteiger partial charge is 0.341 e. The second-order valence-corrected chi connectivity index (χ2v) is 16.3. The van der Waals surface area contributed by atoms with Gasteiger partial charge in [0.2, 0.25) is 0 Å². The van der Waals surface area contributed by atoms with E-state index in [0.717, 1.165) is 41.3 Å². The number of fused-ring (bicyclic) bond motifs is 3. The fourth-order valence-electron chi connectivity index (χ4n) is 5.88. The molecule has 2 aliphatic rings. The van der Waals surface area contributed by atoms with Gasteiger partial charge in [-0.3, -0.25) is 0 Å². The van der Waals surface area contributed by atoms with E-state index in [4.69, 9.17) is 9.97 Å². The number of aromatic amines is 2. The van der Waals surface area contributed by atoms with E-state index in [1.165, 1.54) is 46.1 Å². The Balaban J connectivity index is 1.15. The van der Waals surface area contributed by atoms with Crippen molar-refractivity contribution in [2.24, 2.45) is 0 Å². The minimum absolute atomic E-state index is 0.347. The van der Waals surface area contributed by atoms with E-state index in [1.807, 2.05) is 6.20 Å². The highest BCUT2D eigenvalue weighted by atomic mass is 28.3. The fourth-order valence-corrected chi connectivity index (χ4v) is 8.27. The first-order valence-electron chi connectivity index (χ1n) is 13.1. The molecule has 0 amide bonds. The molecule has 36 heavy (non-hydrogen) atoms. The van der Waals surface area contributed by atoms with Crippen molar-refractivity contribution in [3.63, 3.8) is 0 Å². The van der Waals surface area contributed by atoms with Crippen molar-refractivity contribution < 1.29 is 0 Å². The molecule has 0 aliphatic carbocycles. The highest BCUT2D eigenvalue weighted by Gasteiger charge is 2.34. The predicted molar refractivity (Wildman–Crippen MR) is 150 cm³/mol. The third kappa shape index (κ3) is 3.88. The average molecular weight is 493 g/mol. The van der Waals surface area contributed by atoms with E-state index >= 15 is 0 Å². The van der Waals surface area contributed by atoms with Gasteiger partial charge in [-0.15, -0.1) is 0 Å². The Morgan fingerprint density at radius 2 is 1.67 bits per heavy atom. The average Bonchev–Trinajstić information content (AvgIpc) is 3.69. The maximum atomic E-state index is 4.87. The van der Waals surface area contributed by atoms with Crippen LogP contribution in [0.4, 0.5) is 0 Å². The van der Waals surface area contributed by atoms with Crippen LogP contribution in [0.2, 0.25) is 19.1 Å². The monoisotopic (exact) mass is 492 g/mol. The van der Waals surface area contributed by atoms with Gasteiger partial charge in [-0.25, -0.2) is 9.97 Å². The molecule has 7 heteroatoms. The first-order valence-corrected chi connectivity index (χ1v) is 16.5. The quantitative estimate of drug-likeness (QED) is 0.229. The molecular formula is C29H32N6Si. The molecule has 182 valence electrons. The fraction of sp³-hybridized carbons (Fsp3) is 0.310. The van der Waals surface area contributed by atoms with Gasteiger partial charge < -0.3 is 20.6 Å². The molecule has 2 saturated heterocycles. The van der Waals surface area contributed by atoms with Crippen LogP contribution >= 0.6 is 0 Å². The van der Waals surface area contributed by atoms with E-state index in [1.54, 1.807) is 0 Å². The number of nitrogens with one attached hydrogen (secondary N) is 4. The van der Waals surface area contributed by atoms with Crippen LogP contribution in [0.5, 0.6) is 0 Å². The van der Waals surface area contributed by atoms with Crippen LogP contribution in [0.1, 0.15) is 36.6 Å². The summed E-state index contributed by atoms with van der Waals surface area (Å²) >= 11 is 0. The number of H-pyrrole nitrogens is 2. The molecule has 6 nitrogen and oxygen atoms in total. The molecule has 0 spiro atoms. The normalized spacial score (nSPS) is 21.6. The summed E-state index contributed by atoms with van der Waals surface area (Å²) in [4.78, 5) is 16.7. The van der Waals surface area contributed by atoms with Gasteiger partial charge >= 0.3 is 0 Å². The van der Waals surface area contributed by atoms with Crippen LogP contribution in [0.15, 0.2) is 60.8 Å². The van der Waals surface area contributed by atoms with E-state index in [2.05, 4.69) is 88.3 Å². The SMILES string of the molecule is C[Si]1(C)CN[C@H](c2ncc(-c3ccc(-c4ccc5c(ccc6nc([C@@H]7CCCN7)[nH]c65)c4)cc3)[nH]2)C1. The van der Waals surface area contributed by atoms with Gasteiger partial charge in [-0.05, 0) is 65.8 Å². The van der Waals surface area contributed by atoms with Crippen molar-refractivity contribution in [1.29, 1.82) is 0 Å². The van der Waals surface area contributed by atoms with Gasteiger partial charge in [0.1, 0.15) is 11.6 Å². The van der Waals surface area contributed by atoms with Crippen LogP contribution in [0, 0.1) is 0 Å². The number of imidazole rings is 2. The standard InChI is InChI=1S/C29H32N6Si/c1-36(2)16-26(32-17-36)28-31-15-25(34-28)19-7-5-18(6-8-19)20-9-11-22-21(14-20)10-12-23-27(22)35-29(33-23)24-4-3-13-30-24/h5-12,14-15,24,26,30,32H,3-4,13,16-17H2,1-2H3,(H,31,34)(H,33,35)/t24-,26-/m0/s1. The van der Waals surface area contributed by atoms with Crippen molar-refractivity contribution >= 4 is 29.9 Å². The molecule has 3 aromatic carbocycles. The third-order valence-corrected chi connectivity index (χ3v) is 10.6. The molecule has 4 N–H and O–H groups in total. The first kappa shape index (κ1) is 22.0. The molecule has 4 heterocycles. The predicted octanol–water partition coefficient (Wildman–Crippen LogP) is 6.09. The van der Waals surface area contributed by atoms with Crippen LogP contribution in [-0.4, -0.2) is 40.7 Å². The van der Waals surface area contributed by atoms with E-state index in [0.29, 0.717) is 12.1 Å². The summed E-state index contributed by atoms with van der Waals surface area (Å²) in [5.41, 5.74) is 6.86. The van der Waals surface area contributed by atoms with Crippen molar-refractivity contribution in [2.45, 2.75) is 44.1 Å². The Kier molecular flexibility index (Phi) is 5.13. The van der Waals surface area contributed by atoms with Crippen molar-refractivity contribution in [2.75, 3.05) is 12.7 Å². The molecule has 0 saturated carbocycles. The van der Waals surface area contributed by atoms with Gasteiger partial charge in [0.25, 0.3) is 0 Å². The molecule has 2 aromatic heterocycles. The van der Waals surface area contributed by atoms with Crippen LogP contribution < -0.4 is 10.6 Å². The lowest BCUT2D eigenvalue weighted by Crippen LogP contribution is -2.28. The zero-order valence-corrected chi connectivity index (χ0v) is 21.9. The zero-order valence-electron chi connectivity index (χ0n) is 20.9. The van der Waals surface area contributed by atoms with E-state index < -0.39 is 8.07 Å². The van der Waals surface area contributed by atoms with Crippen molar-refractivity contribution in [3.8, 4) is 22.4 Å². The Hall–Kier alpha value is -3.26. The number of nitrogens with zero attached hydrogens (tertiary/aromatic N) is 2. The summed E-state index contributed by atoms with van der Waals surface area (Å²) in [6, 6.07) is 21.8. The third-order valence-electron chi connectivity index (χ3n) is 7.92. The first-order chi connectivity index (χ1) is 17.5. The number of hydrogen-bond donors (Lipinski definition) is 4. The lowest BCUT2D eigenvalue weighted by Gasteiger charge is -2.11. The Morgan fingerprint density at radius 3 is 2.44 bits per heavy atom. The summed E-state index contributed by atoms with van der Waals surface area (Å²) in [7, 11) is -1.12. The number of rotatable bonds is 4. The number of hydrogen-bond acceptors (Lipinski definition) is 4. The summed E-state index contributed by atoms with van der Waals surface area (Å²) in [5.74, 6) is 2.13. The summed E-state index contributed by atoms with van der Waals surface area (Å²) in [5, 5.41) is 9.66. The highest BCUT2D eigenvalue weighted by molar-refractivity contribution is 6.78. The van der Waals surface area contributed by atoms with E-state index in [-0.39, 0.29) is 0 Å². The van der Waals surface area contributed by atoms with Gasteiger partial charge in [0, 0.05) is 5.39 Å². The summed E-state index contributed by atoms with van der Waals surface area (Å²) in [6.07, 6.45) is 5.50. The van der Waals surface area contributed by atoms with E-state index in [9.17, 15) is 0 Å². The van der Waals surface area contributed by atoms with Crippen LogP contribution in [0.25, 0.3) is 44.2 Å². The Morgan fingerprint density at radius 1 is 0.833 bits per heavy atom. The molecule has 5 aromatic rings. The maximum absolute atomic E-state index is 4.87. The zero-order chi connectivity index (χ0) is 24.3. The van der Waals surface area contributed by atoms with Gasteiger partial charge in [0.05, 0.1) is 43.1 Å². The second-order valence-electron chi connectivity index (χ2n) is 11.2. The molecule has 7 rings (SSSR count). The van der Waals surface area contributed by atoms with Gasteiger partial charge in [-0.1, -0.05) is 55.6 Å². The Bertz CT molecular complexity index is 1560. The summed E-state index contributed by atoms with van der Waals surface area (Å²) < 4.78 is 0. The van der Waals surface area contributed by atoms with Crippen molar-refractivity contribution in [3.05, 3.63) is 72.4 Å².